The lowest BCUT2D eigenvalue weighted by Crippen LogP contribution is -2.28. The molecule has 0 aromatic rings. The molecule has 0 aliphatic carbocycles. The van der Waals surface area contributed by atoms with Gasteiger partial charge in [-0.05, 0) is 31.3 Å². The highest BCUT2D eigenvalue weighted by Gasteiger charge is 2.33. The molecule has 0 bridgehead atoms. The van der Waals surface area contributed by atoms with E-state index in [9.17, 15) is 9.90 Å². The summed E-state index contributed by atoms with van der Waals surface area (Å²) in [7, 11) is 0. The summed E-state index contributed by atoms with van der Waals surface area (Å²) in [5, 5.41) is 9.64. The second-order valence-corrected chi connectivity index (χ2v) is 11.2. The lowest BCUT2D eigenvalue weighted by atomic mass is 10.1. The van der Waals surface area contributed by atoms with Crippen LogP contribution in [0.25, 0.3) is 0 Å². The Labute approximate surface area is 178 Å². The zero-order valence-electron chi connectivity index (χ0n) is 18.4. The summed E-state index contributed by atoms with van der Waals surface area (Å²) in [4.78, 5) is 11.7. The van der Waals surface area contributed by atoms with E-state index in [2.05, 4.69) is 13.8 Å². The minimum atomic E-state index is -0.664. The zero-order chi connectivity index (χ0) is 20.2. The first-order valence-corrected chi connectivity index (χ1v) is 13.5. The Morgan fingerprint density at radius 2 is 0.926 bits per heavy atom. The van der Waals surface area contributed by atoms with Crippen LogP contribution >= 0.6 is 23.5 Å². The van der Waals surface area contributed by atoms with Crippen LogP contribution < -0.4 is 0 Å². The molecule has 0 aliphatic heterocycles. The number of hydrogen-bond donors (Lipinski definition) is 1. The van der Waals surface area contributed by atoms with E-state index >= 15 is 0 Å². The van der Waals surface area contributed by atoms with E-state index < -0.39 is 10.0 Å². The Hall–Kier alpha value is 0.170. The highest BCUT2D eigenvalue weighted by molar-refractivity contribution is 8.19. The maximum absolute atomic E-state index is 11.7. The van der Waals surface area contributed by atoms with Gasteiger partial charge in [-0.1, -0.05) is 104 Å². The second-order valence-electron chi connectivity index (χ2n) is 7.90. The van der Waals surface area contributed by atoms with Crippen LogP contribution in [-0.4, -0.2) is 26.7 Å². The van der Waals surface area contributed by atoms with Crippen LogP contribution in [-0.2, 0) is 4.79 Å². The molecule has 4 heteroatoms. The number of unbranched alkanes of at least 4 members (excludes halogenated alkanes) is 14. The van der Waals surface area contributed by atoms with Crippen LogP contribution in [0.3, 0.4) is 0 Å². The Bertz CT molecular complexity index is 312. The van der Waals surface area contributed by atoms with Crippen LogP contribution in [0.4, 0.5) is 0 Å². The van der Waals surface area contributed by atoms with Crippen molar-refractivity contribution in [3.05, 3.63) is 0 Å². The first kappa shape index (κ1) is 27.2. The molecular formula is C23H46O2S2. The first-order valence-electron chi connectivity index (χ1n) is 11.6. The molecule has 0 aliphatic rings. The van der Waals surface area contributed by atoms with E-state index in [1.807, 2.05) is 6.92 Å². The number of thioether (sulfide) groups is 2. The molecule has 0 saturated carbocycles. The van der Waals surface area contributed by atoms with Crippen LogP contribution in [0, 0.1) is 0 Å². The normalized spacial score (nSPS) is 11.8. The number of carboxylic acids is 1. The SMILES string of the molecule is CCCCCCCCCCSC(C)(SCCCCCCCCCC)C(=O)O. The summed E-state index contributed by atoms with van der Waals surface area (Å²) in [5.74, 6) is 1.29. The molecule has 162 valence electrons. The van der Waals surface area contributed by atoms with Gasteiger partial charge in [0.25, 0.3) is 0 Å². The van der Waals surface area contributed by atoms with Crippen LogP contribution in [0.15, 0.2) is 0 Å². The monoisotopic (exact) mass is 418 g/mol. The van der Waals surface area contributed by atoms with Gasteiger partial charge in [-0.3, -0.25) is 0 Å². The molecule has 0 unspecified atom stereocenters. The average Bonchev–Trinajstić information content (AvgIpc) is 2.65. The van der Waals surface area contributed by atoms with E-state index in [1.54, 1.807) is 23.5 Å². The van der Waals surface area contributed by atoms with Crippen LogP contribution in [0.5, 0.6) is 0 Å². The van der Waals surface area contributed by atoms with Crippen molar-refractivity contribution in [2.24, 2.45) is 0 Å². The average molecular weight is 419 g/mol. The number of rotatable bonds is 21. The van der Waals surface area contributed by atoms with Gasteiger partial charge >= 0.3 is 5.97 Å². The summed E-state index contributed by atoms with van der Waals surface area (Å²) < 4.78 is -0.664. The van der Waals surface area contributed by atoms with Gasteiger partial charge in [-0.15, -0.1) is 23.5 Å². The van der Waals surface area contributed by atoms with Gasteiger partial charge in [0.05, 0.1) is 0 Å². The summed E-state index contributed by atoms with van der Waals surface area (Å²) in [5.41, 5.74) is 0. The zero-order valence-corrected chi connectivity index (χ0v) is 20.0. The number of carboxylic acid groups (broad SMARTS) is 1. The quantitative estimate of drug-likeness (QED) is 0.150. The van der Waals surface area contributed by atoms with Gasteiger partial charge in [-0.25, -0.2) is 4.79 Å². The van der Waals surface area contributed by atoms with Gasteiger partial charge in [0.2, 0.25) is 0 Å². The van der Waals surface area contributed by atoms with Gasteiger partial charge in [0.15, 0.2) is 4.08 Å². The molecule has 0 atom stereocenters. The third kappa shape index (κ3) is 16.8. The number of carbonyl (C=O) groups is 1. The highest BCUT2D eigenvalue weighted by atomic mass is 32.2. The predicted octanol–water partition coefficient (Wildman–Crippen LogP) is 8.54. The largest absolute Gasteiger partial charge is 0.480 e. The third-order valence-electron chi connectivity index (χ3n) is 5.14. The van der Waals surface area contributed by atoms with Gasteiger partial charge in [0, 0.05) is 0 Å². The molecule has 0 rings (SSSR count). The van der Waals surface area contributed by atoms with E-state index in [4.69, 9.17) is 0 Å². The molecule has 0 spiro atoms. The van der Waals surface area contributed by atoms with E-state index in [0.29, 0.717) is 0 Å². The van der Waals surface area contributed by atoms with Gasteiger partial charge in [-0.2, -0.15) is 0 Å². The van der Waals surface area contributed by atoms with E-state index in [-0.39, 0.29) is 0 Å². The van der Waals surface area contributed by atoms with Gasteiger partial charge < -0.3 is 5.11 Å². The second kappa shape index (κ2) is 19.5. The molecule has 0 radical (unpaired) electrons. The van der Waals surface area contributed by atoms with Crippen LogP contribution in [0.1, 0.15) is 124 Å². The molecule has 0 amide bonds. The minimum Gasteiger partial charge on any atom is -0.480 e. The Morgan fingerprint density at radius 1 is 0.630 bits per heavy atom. The van der Waals surface area contributed by atoms with Crippen molar-refractivity contribution in [1.82, 2.24) is 0 Å². The standard InChI is InChI=1S/C23H46O2S2/c1-4-6-8-10-12-14-16-18-20-26-23(3,22(24)25)27-21-19-17-15-13-11-9-7-5-2/h4-21H2,1-3H3,(H,24,25). The molecule has 1 N–H and O–H groups in total. The molecule has 0 aromatic heterocycles. The molecule has 0 fully saturated rings. The lowest BCUT2D eigenvalue weighted by Gasteiger charge is -2.23. The van der Waals surface area contributed by atoms with Crippen molar-refractivity contribution in [1.29, 1.82) is 0 Å². The van der Waals surface area contributed by atoms with Crippen LogP contribution in [0.2, 0.25) is 0 Å². The molecule has 0 aromatic carbocycles. The number of hydrogen-bond acceptors (Lipinski definition) is 3. The number of aliphatic carboxylic acids is 1. The molecule has 0 heterocycles. The smallest absolute Gasteiger partial charge is 0.329 e. The molecule has 2 nitrogen and oxygen atoms in total. The van der Waals surface area contributed by atoms with Crippen molar-refractivity contribution in [3.8, 4) is 0 Å². The van der Waals surface area contributed by atoms with Crippen molar-refractivity contribution >= 4 is 29.5 Å². The summed E-state index contributed by atoms with van der Waals surface area (Å²) in [6.45, 7) is 6.41. The summed E-state index contributed by atoms with van der Waals surface area (Å²) in [6.07, 6.45) is 20.9. The Morgan fingerprint density at radius 3 is 1.22 bits per heavy atom. The summed E-state index contributed by atoms with van der Waals surface area (Å²) >= 11 is 3.29. The first-order chi connectivity index (χ1) is 13.1. The van der Waals surface area contributed by atoms with E-state index in [0.717, 1.165) is 24.3 Å². The van der Waals surface area contributed by atoms with E-state index in [1.165, 1.54) is 89.9 Å². The molecular weight excluding hydrogens is 372 g/mol. The van der Waals surface area contributed by atoms with Gasteiger partial charge in [0.1, 0.15) is 0 Å². The topological polar surface area (TPSA) is 37.3 Å². The van der Waals surface area contributed by atoms with Crippen molar-refractivity contribution in [2.75, 3.05) is 11.5 Å². The van der Waals surface area contributed by atoms with Crippen molar-refractivity contribution < 1.29 is 9.90 Å². The maximum Gasteiger partial charge on any atom is 0.329 e. The van der Waals surface area contributed by atoms with Crippen molar-refractivity contribution in [2.45, 2.75) is 128 Å². The molecule has 27 heavy (non-hydrogen) atoms. The fourth-order valence-corrected chi connectivity index (χ4v) is 5.73. The predicted molar refractivity (Wildman–Crippen MR) is 126 cm³/mol. The highest BCUT2D eigenvalue weighted by Crippen LogP contribution is 2.38. The Kier molecular flexibility index (Phi) is 19.6. The fraction of sp³-hybridized carbons (Fsp3) is 0.957. The summed E-state index contributed by atoms with van der Waals surface area (Å²) in [6, 6.07) is 0. The Balaban J connectivity index is 3.69. The van der Waals surface area contributed by atoms with Crippen molar-refractivity contribution in [3.63, 3.8) is 0 Å². The lowest BCUT2D eigenvalue weighted by molar-refractivity contribution is -0.136. The maximum atomic E-state index is 11.7. The molecule has 0 saturated heterocycles. The third-order valence-corrected chi connectivity index (χ3v) is 8.28. The fourth-order valence-electron chi connectivity index (χ4n) is 3.17. The minimum absolute atomic E-state index is 0.656.